The number of ether oxygens (including phenoxy) is 2. The van der Waals surface area contributed by atoms with Crippen LogP contribution in [-0.4, -0.2) is 24.2 Å². The van der Waals surface area contributed by atoms with E-state index in [0.717, 1.165) is 6.42 Å². The molecule has 6 nitrogen and oxygen atoms in total. The number of carbonyl (C=O) groups is 1. The quantitative estimate of drug-likeness (QED) is 0.816. The van der Waals surface area contributed by atoms with Gasteiger partial charge >= 0.3 is 0 Å². The van der Waals surface area contributed by atoms with Crippen LogP contribution in [0.3, 0.4) is 0 Å². The second kappa shape index (κ2) is 8.58. The van der Waals surface area contributed by atoms with Gasteiger partial charge in [0.15, 0.2) is 5.75 Å². The van der Waals surface area contributed by atoms with Gasteiger partial charge in [-0.1, -0.05) is 18.5 Å². The lowest BCUT2D eigenvalue weighted by molar-refractivity contribution is -0.118. The molecule has 2 aromatic rings. The van der Waals surface area contributed by atoms with Crippen molar-refractivity contribution in [2.75, 3.05) is 19.0 Å². The first-order chi connectivity index (χ1) is 12.0. The number of rotatable bonds is 7. The molecular weight excluding hydrogens is 344 g/mol. The maximum absolute atomic E-state index is 12.5. The average molecular weight is 365 g/mol. The Hall–Kier alpha value is -2.47. The summed E-state index contributed by atoms with van der Waals surface area (Å²) in [5, 5.41) is 3.13. The molecule has 1 atom stereocenters. The van der Waals surface area contributed by atoms with E-state index >= 15 is 0 Å². The number of nitrogens with one attached hydrogen (secondary N) is 1. The number of hydrogen-bond donors (Lipinski definition) is 1. The number of pyridine rings is 1. The van der Waals surface area contributed by atoms with E-state index in [4.69, 9.17) is 21.1 Å². The molecule has 2 rings (SSSR count). The summed E-state index contributed by atoms with van der Waals surface area (Å²) in [5.74, 6) is 0.414. The zero-order chi connectivity index (χ0) is 18.4. The second-order valence-corrected chi connectivity index (χ2v) is 5.86. The van der Waals surface area contributed by atoms with E-state index in [-0.39, 0.29) is 17.2 Å². The summed E-state index contributed by atoms with van der Waals surface area (Å²) in [4.78, 5) is 24.9. The molecule has 1 unspecified atom stereocenters. The van der Waals surface area contributed by atoms with Gasteiger partial charge in [0.05, 0.1) is 18.7 Å². The Kier molecular flexibility index (Phi) is 6.47. The minimum atomic E-state index is -0.710. The maximum atomic E-state index is 12.5. The van der Waals surface area contributed by atoms with Gasteiger partial charge in [0.2, 0.25) is 5.91 Å². The summed E-state index contributed by atoms with van der Waals surface area (Å²) in [5.41, 5.74) is 0.181. The first-order valence-corrected chi connectivity index (χ1v) is 8.34. The number of amides is 1. The summed E-state index contributed by atoms with van der Waals surface area (Å²) in [6, 6.07) is 7.50. The lowest BCUT2D eigenvalue weighted by Gasteiger charge is -2.16. The molecular formula is C18H21ClN2O4. The van der Waals surface area contributed by atoms with E-state index in [1.165, 1.54) is 11.7 Å². The van der Waals surface area contributed by atoms with Crippen molar-refractivity contribution in [1.82, 2.24) is 4.57 Å². The molecule has 0 aliphatic heterocycles. The summed E-state index contributed by atoms with van der Waals surface area (Å²) >= 11 is 6.06. The molecule has 1 aromatic carbocycles. The van der Waals surface area contributed by atoms with Crippen molar-refractivity contribution in [2.24, 2.45) is 0 Å². The Balaban J connectivity index is 2.17. The van der Waals surface area contributed by atoms with Crippen molar-refractivity contribution in [3.8, 4) is 11.5 Å². The summed E-state index contributed by atoms with van der Waals surface area (Å²) in [6.07, 6.45) is 2.36. The molecule has 1 amide bonds. The molecule has 1 N–H and O–H groups in total. The van der Waals surface area contributed by atoms with Gasteiger partial charge in [-0.3, -0.25) is 9.59 Å². The molecule has 25 heavy (non-hydrogen) atoms. The number of aromatic nitrogens is 1. The fraction of sp³-hybridized carbons (Fsp3) is 0.333. The largest absolute Gasteiger partial charge is 0.495 e. The normalized spacial score (nSPS) is 11.7. The molecule has 134 valence electrons. The third-order valence-corrected chi connectivity index (χ3v) is 3.91. The van der Waals surface area contributed by atoms with Gasteiger partial charge in [-0.25, -0.2) is 0 Å². The van der Waals surface area contributed by atoms with Crippen molar-refractivity contribution in [2.45, 2.75) is 26.3 Å². The van der Waals surface area contributed by atoms with Crippen molar-refractivity contribution in [3.63, 3.8) is 0 Å². The molecule has 7 heteroatoms. The first-order valence-electron chi connectivity index (χ1n) is 7.96. The van der Waals surface area contributed by atoms with Crippen LogP contribution in [0.4, 0.5) is 5.69 Å². The van der Waals surface area contributed by atoms with E-state index in [9.17, 15) is 9.59 Å². The van der Waals surface area contributed by atoms with Gasteiger partial charge in [0.25, 0.3) is 5.56 Å². The van der Waals surface area contributed by atoms with E-state index in [1.807, 2.05) is 6.92 Å². The molecule has 0 bridgehead atoms. The number of hydrogen-bond acceptors (Lipinski definition) is 4. The number of carbonyl (C=O) groups excluding carboxylic acids is 1. The van der Waals surface area contributed by atoms with Crippen LogP contribution in [0.15, 0.2) is 41.3 Å². The maximum Gasteiger partial charge on any atom is 0.293 e. The molecule has 0 aliphatic carbocycles. The van der Waals surface area contributed by atoms with Crippen LogP contribution >= 0.6 is 11.6 Å². The Morgan fingerprint density at radius 2 is 2.08 bits per heavy atom. The van der Waals surface area contributed by atoms with Gasteiger partial charge < -0.3 is 19.4 Å². The first kappa shape index (κ1) is 18.9. The topological polar surface area (TPSA) is 69.6 Å². The Morgan fingerprint density at radius 1 is 1.32 bits per heavy atom. The van der Waals surface area contributed by atoms with Crippen LogP contribution in [0.5, 0.6) is 11.5 Å². The lowest BCUT2D eigenvalue weighted by atomic mass is 10.2. The molecule has 0 fully saturated rings. The molecule has 0 saturated heterocycles. The van der Waals surface area contributed by atoms with Crippen molar-refractivity contribution in [1.29, 1.82) is 0 Å². The van der Waals surface area contributed by atoms with Crippen LogP contribution in [0.1, 0.15) is 26.3 Å². The second-order valence-electron chi connectivity index (χ2n) is 5.45. The molecule has 0 radical (unpaired) electrons. The monoisotopic (exact) mass is 364 g/mol. The highest BCUT2D eigenvalue weighted by molar-refractivity contribution is 6.32. The number of methoxy groups -OCH3 is 1. The number of anilines is 1. The van der Waals surface area contributed by atoms with E-state index in [1.54, 1.807) is 43.5 Å². The number of benzene rings is 1. The summed E-state index contributed by atoms with van der Waals surface area (Å²) < 4.78 is 11.8. The molecule has 0 saturated carbocycles. The Labute approximate surface area is 151 Å². The van der Waals surface area contributed by atoms with Crippen LogP contribution in [0, 0.1) is 0 Å². The summed E-state index contributed by atoms with van der Waals surface area (Å²) in [6.45, 7) is 4.05. The number of halogens is 1. The van der Waals surface area contributed by atoms with Crippen molar-refractivity contribution in [3.05, 3.63) is 51.9 Å². The van der Waals surface area contributed by atoms with Crippen LogP contribution in [0.25, 0.3) is 0 Å². The Bertz CT molecular complexity index is 804. The van der Waals surface area contributed by atoms with E-state index in [0.29, 0.717) is 23.1 Å². The van der Waals surface area contributed by atoms with Gasteiger partial charge in [-0.15, -0.1) is 0 Å². The fourth-order valence-electron chi connectivity index (χ4n) is 2.23. The lowest BCUT2D eigenvalue weighted by Crippen LogP contribution is -2.31. The zero-order valence-corrected chi connectivity index (χ0v) is 15.2. The SMILES string of the molecule is CCCOc1cccn(C(C)C(=O)Nc2ccc(OC)c(Cl)c2)c1=O. The third kappa shape index (κ3) is 4.54. The predicted octanol–water partition coefficient (Wildman–Crippen LogP) is 3.50. The Morgan fingerprint density at radius 3 is 2.72 bits per heavy atom. The highest BCUT2D eigenvalue weighted by atomic mass is 35.5. The van der Waals surface area contributed by atoms with E-state index < -0.39 is 6.04 Å². The van der Waals surface area contributed by atoms with Crippen LogP contribution < -0.4 is 20.3 Å². The van der Waals surface area contributed by atoms with Crippen molar-refractivity contribution >= 4 is 23.2 Å². The third-order valence-electron chi connectivity index (χ3n) is 3.62. The predicted molar refractivity (Wildman–Crippen MR) is 97.8 cm³/mol. The van der Waals surface area contributed by atoms with Gasteiger partial charge in [0.1, 0.15) is 11.8 Å². The smallest absolute Gasteiger partial charge is 0.293 e. The summed E-state index contributed by atoms with van der Waals surface area (Å²) in [7, 11) is 1.52. The highest BCUT2D eigenvalue weighted by Gasteiger charge is 2.18. The van der Waals surface area contributed by atoms with Gasteiger partial charge in [0, 0.05) is 11.9 Å². The minimum absolute atomic E-state index is 0.233. The van der Waals surface area contributed by atoms with Gasteiger partial charge in [-0.2, -0.15) is 0 Å². The number of nitrogens with zero attached hydrogens (tertiary/aromatic N) is 1. The van der Waals surface area contributed by atoms with Gasteiger partial charge in [-0.05, 0) is 43.7 Å². The molecule has 1 aromatic heterocycles. The average Bonchev–Trinajstić information content (AvgIpc) is 2.60. The zero-order valence-electron chi connectivity index (χ0n) is 14.4. The molecule has 0 spiro atoms. The molecule has 0 aliphatic rings. The molecule has 1 heterocycles. The van der Waals surface area contributed by atoms with E-state index in [2.05, 4.69) is 5.32 Å². The van der Waals surface area contributed by atoms with Crippen LogP contribution in [0.2, 0.25) is 5.02 Å². The fourth-order valence-corrected chi connectivity index (χ4v) is 2.49. The van der Waals surface area contributed by atoms with Crippen LogP contribution in [-0.2, 0) is 4.79 Å². The van der Waals surface area contributed by atoms with Crippen molar-refractivity contribution < 1.29 is 14.3 Å². The minimum Gasteiger partial charge on any atom is -0.495 e. The standard InChI is InChI=1S/C18H21ClN2O4/c1-4-10-25-16-6-5-9-21(18(16)23)12(2)17(22)20-13-7-8-15(24-3)14(19)11-13/h5-9,11-12H,4,10H2,1-3H3,(H,20,22). The highest BCUT2D eigenvalue weighted by Crippen LogP contribution is 2.27.